The highest BCUT2D eigenvalue weighted by Gasteiger charge is 2.24. The first kappa shape index (κ1) is 43.8. The number of rotatable bonds is 37. The summed E-state index contributed by atoms with van der Waals surface area (Å²) in [6.07, 6.45) is 53.3. The van der Waals surface area contributed by atoms with Crippen molar-refractivity contribution in [1.82, 2.24) is 9.80 Å². The highest BCUT2D eigenvalue weighted by Crippen LogP contribution is 2.22. The van der Waals surface area contributed by atoms with Crippen LogP contribution in [0.1, 0.15) is 200 Å². The second-order valence-electron chi connectivity index (χ2n) is 14.3. The fourth-order valence-electron chi connectivity index (χ4n) is 6.75. The normalized spacial score (nSPS) is 15.0. The number of nitrogens with zero attached hydrogens (tertiary/aromatic N) is 2. The maximum atomic E-state index is 9.56. The van der Waals surface area contributed by atoms with E-state index in [1.54, 1.807) is 0 Å². The van der Waals surface area contributed by atoms with Gasteiger partial charge in [0, 0.05) is 32.1 Å². The summed E-state index contributed by atoms with van der Waals surface area (Å²) in [5.41, 5.74) is 0. The minimum Gasteiger partial charge on any atom is -0.395 e. The van der Waals surface area contributed by atoms with Crippen LogP contribution in [0.15, 0.2) is 36.7 Å². The Kier molecular flexibility index (Phi) is 33.5. The number of aliphatic hydroxyl groups excluding tert-OH is 1. The minimum absolute atomic E-state index is 0.217. The average molecular weight is 659 g/mol. The van der Waals surface area contributed by atoms with Crippen LogP contribution >= 0.6 is 0 Å². The van der Waals surface area contributed by atoms with Crippen molar-refractivity contribution < 1.29 is 9.84 Å². The second-order valence-corrected chi connectivity index (χ2v) is 14.3. The lowest BCUT2D eigenvalue weighted by atomic mass is 10.1. The van der Waals surface area contributed by atoms with Crippen molar-refractivity contribution in [3.05, 3.63) is 36.7 Å². The molecule has 1 aliphatic rings. The molecule has 0 radical (unpaired) electrons. The molecule has 276 valence electrons. The van der Waals surface area contributed by atoms with Crippen LogP contribution < -0.4 is 0 Å². The van der Waals surface area contributed by atoms with Crippen LogP contribution in [0.2, 0.25) is 0 Å². The molecule has 1 heterocycles. The first-order valence-electron chi connectivity index (χ1n) is 21.0. The van der Waals surface area contributed by atoms with Crippen molar-refractivity contribution in [2.75, 3.05) is 32.9 Å². The van der Waals surface area contributed by atoms with Gasteiger partial charge in [-0.05, 0) is 70.6 Å². The van der Waals surface area contributed by atoms with E-state index in [0.29, 0.717) is 6.17 Å². The molecule has 0 amide bonds. The van der Waals surface area contributed by atoms with Crippen LogP contribution in [0.4, 0.5) is 0 Å². The molecule has 0 aromatic heterocycles. The van der Waals surface area contributed by atoms with Gasteiger partial charge in [0.1, 0.15) is 6.17 Å². The van der Waals surface area contributed by atoms with Gasteiger partial charge in [-0.3, -0.25) is 0 Å². The predicted molar refractivity (Wildman–Crippen MR) is 208 cm³/mol. The second kappa shape index (κ2) is 36.0. The summed E-state index contributed by atoms with van der Waals surface area (Å²) in [4.78, 5) is 4.76. The number of allylic oxidation sites excluding steroid dienone is 4. The number of hydrogen-bond acceptors (Lipinski definition) is 4. The van der Waals surface area contributed by atoms with Gasteiger partial charge in [-0.15, -0.1) is 0 Å². The molecule has 47 heavy (non-hydrogen) atoms. The lowest BCUT2D eigenvalue weighted by Crippen LogP contribution is -2.41. The third kappa shape index (κ3) is 28.3. The Morgan fingerprint density at radius 3 is 1.30 bits per heavy atom. The number of aliphatic hydroxyl groups is 1. The van der Waals surface area contributed by atoms with Crippen molar-refractivity contribution in [1.29, 1.82) is 0 Å². The first-order valence-corrected chi connectivity index (χ1v) is 21.0. The standard InChI is InChI=1S/C43H82N2O2/c1-3-5-7-9-11-13-15-17-19-21-23-25-27-29-31-33-35-43-44(38-40-46)36-37-45(43)39-42-47-41-34-32-30-28-26-24-22-20-18-16-14-12-10-8-6-4-2/h17-20,36-37,43,46H,3-16,21-35,38-42H2,1-2H3/b19-17-,20-18-. The highest BCUT2D eigenvalue weighted by atomic mass is 16.5. The Balaban J connectivity index is 1.96. The third-order valence-corrected chi connectivity index (χ3v) is 9.84. The maximum Gasteiger partial charge on any atom is 0.101 e. The van der Waals surface area contributed by atoms with Gasteiger partial charge in [-0.1, -0.05) is 154 Å². The molecule has 4 heteroatoms. The SMILES string of the molecule is CCCCCCCC/C=C\CCCCCCCCOCCN1C=CN(CCO)C1CCCCCCCC/C=C\CCCCCCCC. The number of hydrogen-bond donors (Lipinski definition) is 1. The molecule has 0 saturated heterocycles. The predicted octanol–water partition coefficient (Wildman–Crippen LogP) is 12.9. The molecule has 1 N–H and O–H groups in total. The van der Waals surface area contributed by atoms with Gasteiger partial charge in [0.25, 0.3) is 0 Å². The summed E-state index contributed by atoms with van der Waals surface area (Å²) in [7, 11) is 0. The van der Waals surface area contributed by atoms with E-state index in [9.17, 15) is 5.11 Å². The van der Waals surface area contributed by atoms with Crippen molar-refractivity contribution >= 4 is 0 Å². The maximum absolute atomic E-state index is 9.56. The molecular formula is C43H82N2O2. The van der Waals surface area contributed by atoms with E-state index < -0.39 is 0 Å². The monoisotopic (exact) mass is 659 g/mol. The van der Waals surface area contributed by atoms with Gasteiger partial charge >= 0.3 is 0 Å². The molecule has 0 aromatic rings. The molecular weight excluding hydrogens is 576 g/mol. The molecule has 1 unspecified atom stereocenters. The Bertz CT molecular complexity index is 706. The summed E-state index contributed by atoms with van der Waals surface area (Å²) >= 11 is 0. The summed E-state index contributed by atoms with van der Waals surface area (Å²) in [5.74, 6) is 0. The Hall–Kier alpha value is -1.26. The van der Waals surface area contributed by atoms with Crippen molar-refractivity contribution in [3.8, 4) is 0 Å². The zero-order chi connectivity index (χ0) is 33.7. The van der Waals surface area contributed by atoms with Crippen LogP contribution in [-0.2, 0) is 4.74 Å². The summed E-state index contributed by atoms with van der Waals surface area (Å²) in [6, 6.07) is 0. The Morgan fingerprint density at radius 2 is 0.851 bits per heavy atom. The van der Waals surface area contributed by atoms with E-state index in [-0.39, 0.29) is 6.61 Å². The molecule has 0 saturated carbocycles. The smallest absolute Gasteiger partial charge is 0.101 e. The molecule has 0 fully saturated rings. The molecule has 1 atom stereocenters. The molecule has 1 rings (SSSR count). The van der Waals surface area contributed by atoms with Crippen LogP contribution in [0.5, 0.6) is 0 Å². The fourth-order valence-corrected chi connectivity index (χ4v) is 6.75. The number of β-amino-alcohol motifs (C(OH)–C–C–N with tert-alkyl or cyclic N) is 1. The molecule has 1 aliphatic heterocycles. The van der Waals surface area contributed by atoms with E-state index in [4.69, 9.17) is 4.74 Å². The van der Waals surface area contributed by atoms with Gasteiger partial charge in [0.05, 0.1) is 13.2 Å². The van der Waals surface area contributed by atoms with E-state index in [1.807, 2.05) is 0 Å². The summed E-state index contributed by atoms with van der Waals surface area (Å²) < 4.78 is 6.04. The zero-order valence-electron chi connectivity index (χ0n) is 31.8. The zero-order valence-corrected chi connectivity index (χ0v) is 31.8. The molecule has 0 bridgehead atoms. The van der Waals surface area contributed by atoms with Crippen LogP contribution in [0.3, 0.4) is 0 Å². The lowest BCUT2D eigenvalue weighted by molar-refractivity contribution is 0.0719. The van der Waals surface area contributed by atoms with E-state index in [1.165, 1.54) is 186 Å². The number of ether oxygens (including phenoxy) is 1. The van der Waals surface area contributed by atoms with Crippen LogP contribution in [0, 0.1) is 0 Å². The van der Waals surface area contributed by atoms with Crippen molar-refractivity contribution in [2.24, 2.45) is 0 Å². The van der Waals surface area contributed by atoms with E-state index in [2.05, 4.69) is 60.4 Å². The molecule has 4 nitrogen and oxygen atoms in total. The van der Waals surface area contributed by atoms with Crippen LogP contribution in [0.25, 0.3) is 0 Å². The van der Waals surface area contributed by atoms with E-state index in [0.717, 1.165) is 26.3 Å². The molecule has 0 spiro atoms. The van der Waals surface area contributed by atoms with Gasteiger partial charge in [0.15, 0.2) is 0 Å². The lowest BCUT2D eigenvalue weighted by Gasteiger charge is -2.32. The largest absolute Gasteiger partial charge is 0.395 e. The quantitative estimate of drug-likeness (QED) is 0.0532. The Labute approximate surface area is 294 Å². The summed E-state index contributed by atoms with van der Waals surface area (Å²) in [6.45, 7) is 8.15. The van der Waals surface area contributed by atoms with Gasteiger partial charge in [-0.2, -0.15) is 0 Å². The minimum atomic E-state index is 0.217. The van der Waals surface area contributed by atoms with E-state index >= 15 is 0 Å². The molecule has 0 aromatic carbocycles. The van der Waals surface area contributed by atoms with Gasteiger partial charge < -0.3 is 19.6 Å². The van der Waals surface area contributed by atoms with Gasteiger partial charge in [0.2, 0.25) is 0 Å². The topological polar surface area (TPSA) is 35.9 Å². The number of unbranched alkanes of at least 4 members (excludes halogenated alkanes) is 24. The molecule has 0 aliphatic carbocycles. The fraction of sp³-hybridized carbons (Fsp3) is 0.860. The average Bonchev–Trinajstić information content (AvgIpc) is 3.46. The Morgan fingerprint density at radius 1 is 0.468 bits per heavy atom. The highest BCUT2D eigenvalue weighted by molar-refractivity contribution is 4.97. The summed E-state index contributed by atoms with van der Waals surface area (Å²) in [5, 5.41) is 9.56. The van der Waals surface area contributed by atoms with Gasteiger partial charge in [-0.25, -0.2) is 0 Å². The van der Waals surface area contributed by atoms with Crippen LogP contribution in [-0.4, -0.2) is 54.0 Å². The first-order chi connectivity index (χ1) is 23.3. The van der Waals surface area contributed by atoms with Crippen molar-refractivity contribution in [2.45, 2.75) is 206 Å². The van der Waals surface area contributed by atoms with Crippen molar-refractivity contribution in [3.63, 3.8) is 0 Å². The third-order valence-electron chi connectivity index (χ3n) is 9.84.